The Kier molecular flexibility index (Phi) is 17.4. The Hall–Kier alpha value is -5.38. The molecule has 0 spiro atoms. The van der Waals surface area contributed by atoms with E-state index >= 15 is 0 Å². The van der Waals surface area contributed by atoms with Gasteiger partial charge in [0.15, 0.2) is 0 Å². The van der Waals surface area contributed by atoms with Crippen LogP contribution >= 0.6 is 0 Å². The molecular formula is C33H53N9O13. The van der Waals surface area contributed by atoms with Crippen molar-refractivity contribution in [1.29, 1.82) is 0 Å². The first-order valence-corrected chi connectivity index (χ1v) is 17.9. The van der Waals surface area contributed by atoms with Crippen LogP contribution in [-0.2, 0) is 47.9 Å². The van der Waals surface area contributed by atoms with Crippen LogP contribution in [0.25, 0.3) is 0 Å². The molecule has 2 aliphatic rings. The van der Waals surface area contributed by atoms with E-state index < -0.39 is 145 Å². The highest BCUT2D eigenvalue weighted by molar-refractivity contribution is 5.99. The van der Waals surface area contributed by atoms with E-state index in [0.29, 0.717) is 6.42 Å². The van der Waals surface area contributed by atoms with Crippen molar-refractivity contribution in [2.75, 3.05) is 13.2 Å². The zero-order valence-electron chi connectivity index (χ0n) is 31.4. The van der Waals surface area contributed by atoms with Gasteiger partial charge in [-0.05, 0) is 46.0 Å². The molecule has 0 unspecified atom stereocenters. The molecule has 0 bridgehead atoms. The molecule has 0 radical (unpaired) electrons. The maximum absolute atomic E-state index is 13.7. The minimum Gasteiger partial charge on any atom is -0.481 e. The molecule has 0 aromatic heterocycles. The van der Waals surface area contributed by atoms with E-state index in [1.54, 1.807) is 13.8 Å². The number of rotatable bonds is 9. The number of aliphatic hydroxyl groups excluding tert-OH is 2. The molecule has 0 aromatic rings. The highest BCUT2D eigenvalue weighted by Gasteiger charge is 2.40. The summed E-state index contributed by atoms with van der Waals surface area (Å²) in [6.07, 6.45) is -2.69. The minimum absolute atomic E-state index is 0.0190. The Balaban J connectivity index is 2.61. The van der Waals surface area contributed by atoms with Gasteiger partial charge in [0.05, 0.1) is 19.1 Å². The maximum Gasteiger partial charge on any atom is 0.305 e. The van der Waals surface area contributed by atoms with Gasteiger partial charge < -0.3 is 63.2 Å². The largest absolute Gasteiger partial charge is 0.481 e. The molecule has 2 fully saturated rings. The maximum atomic E-state index is 13.7. The molecule has 2 saturated heterocycles. The number of carbonyl (C=O) groups excluding carboxylic acids is 9. The van der Waals surface area contributed by atoms with E-state index in [1.807, 2.05) is 0 Å². The molecule has 0 aromatic carbocycles. The fourth-order valence-electron chi connectivity index (χ4n) is 5.84. The Labute approximate surface area is 316 Å². The highest BCUT2D eigenvalue weighted by atomic mass is 16.4. The summed E-state index contributed by atoms with van der Waals surface area (Å²) in [7, 11) is 0. The van der Waals surface area contributed by atoms with Crippen molar-refractivity contribution in [2.45, 2.75) is 128 Å². The van der Waals surface area contributed by atoms with Crippen LogP contribution in [0.1, 0.15) is 73.1 Å². The van der Waals surface area contributed by atoms with Gasteiger partial charge >= 0.3 is 5.97 Å². The fraction of sp³-hybridized carbons (Fsp3) is 0.697. The van der Waals surface area contributed by atoms with Gasteiger partial charge in [0.1, 0.15) is 48.3 Å². The van der Waals surface area contributed by atoms with E-state index in [9.17, 15) is 63.3 Å². The van der Waals surface area contributed by atoms with Gasteiger partial charge in [-0.3, -0.25) is 47.9 Å². The fourth-order valence-corrected chi connectivity index (χ4v) is 5.84. The number of nitrogens with zero attached hydrogens (tertiary/aromatic N) is 1. The van der Waals surface area contributed by atoms with Gasteiger partial charge in [-0.25, -0.2) is 0 Å². The molecule has 0 aliphatic carbocycles. The second kappa shape index (κ2) is 20.9. The van der Waals surface area contributed by atoms with Crippen molar-refractivity contribution < 1.29 is 63.3 Å². The minimum atomic E-state index is -1.85. The van der Waals surface area contributed by atoms with Crippen molar-refractivity contribution in [2.24, 2.45) is 11.7 Å². The molecule has 22 heteroatoms. The zero-order valence-corrected chi connectivity index (χ0v) is 31.4. The highest BCUT2D eigenvalue weighted by Crippen LogP contribution is 2.19. The standard InChI is InChI=1S/C33H53N9O13/c1-6-14(2)24-31(53)38-19(12-23(46)47)29(51)39-20(13-43)33(55)42-11-7-8-21(42)30(52)36-15(3)26(48)35-16(4)27(49)41-25(17(5)44)32(54)37-18(28(50)40-24)9-10-22(34)45/h14-21,24-25,43-44H,6-13H2,1-5H3,(H2,34,45)(H,35,48)(H,36,52)(H,37,54)(H,38,53)(H,39,51)(H,40,50)(H,41,49)(H,46,47)/t14-,15-,16-,17+,18-,19-,20-,21-,24-,25-/m0/s1. The summed E-state index contributed by atoms with van der Waals surface area (Å²) < 4.78 is 0. The number of primary amides is 1. The number of aliphatic hydroxyl groups is 2. The van der Waals surface area contributed by atoms with Gasteiger partial charge in [0.2, 0.25) is 53.2 Å². The van der Waals surface area contributed by atoms with Crippen molar-refractivity contribution in [3.63, 3.8) is 0 Å². The molecular weight excluding hydrogens is 730 g/mol. The molecule has 2 heterocycles. The lowest BCUT2D eigenvalue weighted by Crippen LogP contribution is -2.63. The summed E-state index contributed by atoms with van der Waals surface area (Å²) in [4.78, 5) is 132. The van der Waals surface area contributed by atoms with Gasteiger partial charge in [-0.15, -0.1) is 0 Å². The van der Waals surface area contributed by atoms with E-state index in [2.05, 4.69) is 37.2 Å². The first-order valence-electron chi connectivity index (χ1n) is 17.9. The first-order chi connectivity index (χ1) is 25.7. The topological polar surface area (TPSA) is 345 Å². The van der Waals surface area contributed by atoms with Gasteiger partial charge in [0, 0.05) is 13.0 Å². The lowest BCUT2D eigenvalue weighted by molar-refractivity contribution is -0.144. The molecule has 55 heavy (non-hydrogen) atoms. The SMILES string of the molecule is CC[C@H](C)[C@@H]1NC(=O)[C@H](CCC(N)=O)NC(=O)[C@H]([C@@H](C)O)NC(=O)[C@H](C)NC(=O)[C@H](C)NC(=O)[C@@H]2CCCN2C(=O)[C@H](CO)NC(=O)[C@H](CC(=O)O)NC1=O. The van der Waals surface area contributed by atoms with Crippen LogP contribution in [0.5, 0.6) is 0 Å². The summed E-state index contributed by atoms with van der Waals surface area (Å²) in [5.41, 5.74) is 5.27. The van der Waals surface area contributed by atoms with Crippen LogP contribution in [0, 0.1) is 5.92 Å². The average molecular weight is 784 g/mol. The summed E-state index contributed by atoms with van der Waals surface area (Å²) in [5, 5.41) is 46.4. The van der Waals surface area contributed by atoms with Gasteiger partial charge in [0.25, 0.3) is 0 Å². The van der Waals surface area contributed by atoms with Crippen LogP contribution < -0.4 is 43.0 Å². The first kappa shape index (κ1) is 45.8. The smallest absolute Gasteiger partial charge is 0.305 e. The van der Waals surface area contributed by atoms with Crippen LogP contribution in [0.2, 0.25) is 0 Å². The number of aliphatic carboxylic acids is 1. The number of carboxylic acids is 1. The number of carboxylic acid groups (broad SMARTS) is 1. The molecule has 308 valence electrons. The van der Waals surface area contributed by atoms with Gasteiger partial charge in [-0.2, -0.15) is 0 Å². The Morgan fingerprint density at radius 2 is 1.25 bits per heavy atom. The normalized spacial score (nSPS) is 29.5. The third kappa shape index (κ3) is 13.2. The lowest BCUT2D eigenvalue weighted by Gasteiger charge is -2.31. The average Bonchev–Trinajstić information content (AvgIpc) is 3.61. The number of carbonyl (C=O) groups is 10. The third-order valence-corrected chi connectivity index (χ3v) is 9.32. The number of nitrogens with one attached hydrogen (secondary N) is 7. The van der Waals surface area contributed by atoms with Crippen LogP contribution in [0.3, 0.4) is 0 Å². The predicted octanol–water partition coefficient (Wildman–Crippen LogP) is -5.42. The number of fused-ring (bicyclic) bond motifs is 1. The van der Waals surface area contributed by atoms with Crippen LogP contribution in [-0.4, -0.2) is 147 Å². The molecule has 10 atom stereocenters. The Morgan fingerprint density at radius 1 is 0.745 bits per heavy atom. The summed E-state index contributed by atoms with van der Waals surface area (Å²) in [6.45, 7) is 5.95. The van der Waals surface area contributed by atoms with Crippen molar-refractivity contribution in [1.82, 2.24) is 42.1 Å². The molecule has 0 saturated carbocycles. The van der Waals surface area contributed by atoms with Crippen LogP contribution in [0.15, 0.2) is 0 Å². The molecule has 12 N–H and O–H groups in total. The van der Waals surface area contributed by atoms with Crippen molar-refractivity contribution in [3.8, 4) is 0 Å². The Morgan fingerprint density at radius 3 is 1.80 bits per heavy atom. The van der Waals surface area contributed by atoms with E-state index in [0.717, 1.165) is 11.8 Å². The number of nitrogens with two attached hydrogens (primary N) is 1. The third-order valence-electron chi connectivity index (χ3n) is 9.32. The number of hydrogen-bond acceptors (Lipinski definition) is 12. The van der Waals surface area contributed by atoms with E-state index in [4.69, 9.17) is 5.73 Å². The molecule has 2 aliphatic heterocycles. The Bertz CT molecular complexity index is 1490. The monoisotopic (exact) mass is 783 g/mol. The predicted molar refractivity (Wildman–Crippen MR) is 189 cm³/mol. The zero-order chi connectivity index (χ0) is 41.7. The lowest BCUT2D eigenvalue weighted by atomic mass is 9.96. The quantitative estimate of drug-likeness (QED) is 0.104. The van der Waals surface area contributed by atoms with Gasteiger partial charge in [-0.1, -0.05) is 20.3 Å². The van der Waals surface area contributed by atoms with Crippen molar-refractivity contribution >= 4 is 59.1 Å². The number of hydrogen-bond donors (Lipinski definition) is 11. The summed E-state index contributed by atoms with van der Waals surface area (Å²) in [6, 6.07) is -12.1. The van der Waals surface area contributed by atoms with Crippen molar-refractivity contribution in [3.05, 3.63) is 0 Å². The summed E-state index contributed by atoms with van der Waals surface area (Å²) >= 11 is 0. The summed E-state index contributed by atoms with van der Waals surface area (Å²) in [5.74, 6) is -10.9. The second-order valence-electron chi connectivity index (χ2n) is 13.7. The van der Waals surface area contributed by atoms with E-state index in [1.165, 1.54) is 13.8 Å². The molecule has 2 rings (SSSR count). The molecule has 9 amide bonds. The van der Waals surface area contributed by atoms with Crippen LogP contribution in [0.4, 0.5) is 0 Å². The second-order valence-corrected chi connectivity index (χ2v) is 13.7. The van der Waals surface area contributed by atoms with E-state index in [-0.39, 0.29) is 19.4 Å². The molecule has 22 nitrogen and oxygen atoms in total. The number of amides is 9.